The molecule has 6 nitrogen and oxygen atoms in total. The second-order valence-electron chi connectivity index (χ2n) is 7.11. The average molecular weight is 398 g/mol. The van der Waals surface area contributed by atoms with Crippen LogP contribution in [0, 0.1) is 0 Å². The first kappa shape index (κ1) is 18.7. The number of nitrogens with zero attached hydrogens (tertiary/aromatic N) is 1. The lowest BCUT2D eigenvalue weighted by molar-refractivity contribution is -0.0433. The third-order valence-corrected chi connectivity index (χ3v) is 6.12. The molecule has 0 fully saturated rings. The van der Waals surface area contributed by atoms with Crippen LogP contribution in [0.4, 0.5) is 0 Å². The molecule has 1 N–H and O–H groups in total. The summed E-state index contributed by atoms with van der Waals surface area (Å²) < 4.78 is 25.1. The van der Waals surface area contributed by atoms with Gasteiger partial charge in [0, 0.05) is 17.1 Å². The number of hydrogen-bond donors (Lipinski definition) is 1. The van der Waals surface area contributed by atoms with E-state index >= 15 is 0 Å². The van der Waals surface area contributed by atoms with Crippen molar-refractivity contribution in [2.75, 3.05) is 12.8 Å². The van der Waals surface area contributed by atoms with E-state index in [9.17, 15) is 13.2 Å². The van der Waals surface area contributed by atoms with Crippen LogP contribution in [0.2, 0.25) is 0 Å². The van der Waals surface area contributed by atoms with Gasteiger partial charge in [0.25, 0.3) is 0 Å². The maximum absolute atomic E-state index is 12.5. The number of aryl methyl sites for hydroxylation is 2. The van der Waals surface area contributed by atoms with E-state index in [0.29, 0.717) is 12.0 Å². The van der Waals surface area contributed by atoms with E-state index in [1.54, 1.807) is 6.07 Å². The summed E-state index contributed by atoms with van der Waals surface area (Å²) in [6, 6.07) is 13.2. The standard InChI is InChI=1S/C21H22N2O4S/c1-28(25,26)23(12-11-18-14-22-20-8-3-2-7-19(18)20)27-21(24)17-10-9-15-5-4-6-16(15)13-17/h2-3,7-10,13-14,22H,4-6,11-12H2,1H3. The van der Waals surface area contributed by atoms with Gasteiger partial charge in [-0.2, -0.15) is 0 Å². The highest BCUT2D eigenvalue weighted by Gasteiger charge is 2.24. The molecule has 0 unspecified atom stereocenters. The number of hydroxylamine groups is 1. The van der Waals surface area contributed by atoms with Crippen molar-refractivity contribution in [3.63, 3.8) is 0 Å². The van der Waals surface area contributed by atoms with Crippen molar-refractivity contribution in [1.82, 2.24) is 9.45 Å². The molecule has 146 valence electrons. The molecule has 7 heteroatoms. The van der Waals surface area contributed by atoms with Crippen LogP contribution in [-0.2, 0) is 34.1 Å². The summed E-state index contributed by atoms with van der Waals surface area (Å²) in [7, 11) is -3.71. The fourth-order valence-corrected chi connectivity index (χ4v) is 4.30. The van der Waals surface area contributed by atoms with Gasteiger partial charge in [0.15, 0.2) is 0 Å². The summed E-state index contributed by atoms with van der Waals surface area (Å²) >= 11 is 0. The van der Waals surface area contributed by atoms with Crippen LogP contribution in [0.25, 0.3) is 10.9 Å². The minimum absolute atomic E-state index is 0.0529. The van der Waals surface area contributed by atoms with Gasteiger partial charge >= 0.3 is 5.97 Å². The van der Waals surface area contributed by atoms with E-state index in [0.717, 1.165) is 52.0 Å². The van der Waals surface area contributed by atoms with Crippen molar-refractivity contribution in [1.29, 1.82) is 0 Å². The molecule has 3 aromatic rings. The third-order valence-electron chi connectivity index (χ3n) is 5.13. The predicted octanol–water partition coefficient (Wildman–Crippen LogP) is 3.23. The Balaban J connectivity index is 1.49. The van der Waals surface area contributed by atoms with Crippen LogP contribution in [0.5, 0.6) is 0 Å². The number of rotatable bonds is 6. The zero-order chi connectivity index (χ0) is 19.7. The number of fused-ring (bicyclic) bond motifs is 2. The van der Waals surface area contributed by atoms with Crippen LogP contribution < -0.4 is 0 Å². The zero-order valence-electron chi connectivity index (χ0n) is 15.6. The Morgan fingerprint density at radius 2 is 1.93 bits per heavy atom. The number of hydrogen-bond acceptors (Lipinski definition) is 4. The monoisotopic (exact) mass is 398 g/mol. The Kier molecular flexibility index (Phi) is 4.95. The van der Waals surface area contributed by atoms with Crippen LogP contribution >= 0.6 is 0 Å². The van der Waals surface area contributed by atoms with Crippen molar-refractivity contribution >= 4 is 26.9 Å². The topological polar surface area (TPSA) is 79.5 Å². The minimum atomic E-state index is -3.71. The van der Waals surface area contributed by atoms with Crippen molar-refractivity contribution in [3.05, 3.63) is 70.9 Å². The Hall–Kier alpha value is -2.64. The lowest BCUT2D eigenvalue weighted by atomic mass is 10.1. The van der Waals surface area contributed by atoms with Gasteiger partial charge < -0.3 is 9.82 Å². The molecule has 0 saturated heterocycles. The first-order valence-electron chi connectivity index (χ1n) is 9.28. The molecular weight excluding hydrogens is 376 g/mol. The average Bonchev–Trinajstić information content (AvgIpc) is 3.30. The number of benzene rings is 2. The van der Waals surface area contributed by atoms with Gasteiger partial charge in [0.2, 0.25) is 10.0 Å². The molecule has 0 spiro atoms. The van der Waals surface area contributed by atoms with E-state index in [-0.39, 0.29) is 6.54 Å². The SMILES string of the molecule is CS(=O)(=O)N(CCc1c[nH]c2ccccc12)OC(=O)c1ccc2c(c1)CCC2. The smallest absolute Gasteiger partial charge is 0.357 e. The van der Waals surface area contributed by atoms with E-state index in [1.165, 1.54) is 5.56 Å². The van der Waals surface area contributed by atoms with Crippen molar-refractivity contribution in [3.8, 4) is 0 Å². The summed E-state index contributed by atoms with van der Waals surface area (Å²) in [5, 5.41) is 1.03. The molecule has 1 aliphatic carbocycles. The molecule has 28 heavy (non-hydrogen) atoms. The number of carbonyl (C=O) groups excluding carboxylic acids is 1. The molecule has 4 rings (SSSR count). The highest BCUT2D eigenvalue weighted by atomic mass is 32.2. The molecular formula is C21H22N2O4S. The molecule has 1 heterocycles. The number of aromatic amines is 1. The number of carbonyl (C=O) groups is 1. The van der Waals surface area contributed by atoms with E-state index in [2.05, 4.69) is 4.98 Å². The molecule has 0 atom stereocenters. The van der Waals surface area contributed by atoms with Crippen LogP contribution in [0.3, 0.4) is 0 Å². The molecule has 1 aromatic heterocycles. The van der Waals surface area contributed by atoms with Gasteiger partial charge in [-0.15, -0.1) is 0 Å². The largest absolute Gasteiger partial charge is 0.361 e. The van der Waals surface area contributed by atoms with Gasteiger partial charge in [-0.3, -0.25) is 0 Å². The number of nitrogens with one attached hydrogen (secondary N) is 1. The van der Waals surface area contributed by atoms with Gasteiger partial charge in [0.05, 0.1) is 18.4 Å². The van der Waals surface area contributed by atoms with E-state index in [4.69, 9.17) is 4.84 Å². The summed E-state index contributed by atoms with van der Waals surface area (Å²) in [6.07, 6.45) is 6.35. The van der Waals surface area contributed by atoms with Crippen molar-refractivity contribution < 1.29 is 18.0 Å². The summed E-state index contributed by atoms with van der Waals surface area (Å²) in [5.74, 6) is -0.654. The maximum Gasteiger partial charge on any atom is 0.357 e. The van der Waals surface area contributed by atoms with Gasteiger partial charge in [-0.05, 0) is 65.0 Å². The molecule has 2 aromatic carbocycles. The summed E-state index contributed by atoms with van der Waals surface area (Å²) in [4.78, 5) is 21.0. The number of sulfonamides is 1. The molecule has 1 aliphatic rings. The van der Waals surface area contributed by atoms with Crippen LogP contribution in [0.1, 0.15) is 33.5 Å². The predicted molar refractivity (Wildman–Crippen MR) is 107 cm³/mol. The first-order chi connectivity index (χ1) is 13.4. The number of para-hydroxylation sites is 1. The van der Waals surface area contributed by atoms with Crippen LogP contribution in [0.15, 0.2) is 48.7 Å². The fourth-order valence-electron chi connectivity index (χ4n) is 3.67. The zero-order valence-corrected chi connectivity index (χ0v) is 16.5. The Bertz CT molecular complexity index is 1130. The van der Waals surface area contributed by atoms with Gasteiger partial charge in [-0.25, -0.2) is 13.2 Å². The second-order valence-corrected chi connectivity index (χ2v) is 8.99. The summed E-state index contributed by atoms with van der Waals surface area (Å²) in [5.41, 5.74) is 4.72. The lowest BCUT2D eigenvalue weighted by Gasteiger charge is -2.19. The Morgan fingerprint density at radius 3 is 2.75 bits per heavy atom. The molecule has 0 saturated carbocycles. The third kappa shape index (κ3) is 3.81. The van der Waals surface area contributed by atoms with Gasteiger partial charge in [0.1, 0.15) is 0 Å². The molecule has 0 bridgehead atoms. The highest BCUT2D eigenvalue weighted by Crippen LogP contribution is 2.24. The van der Waals surface area contributed by atoms with Crippen molar-refractivity contribution in [2.45, 2.75) is 25.7 Å². The van der Waals surface area contributed by atoms with E-state index < -0.39 is 16.0 Å². The first-order valence-corrected chi connectivity index (χ1v) is 11.1. The Morgan fingerprint density at radius 1 is 1.14 bits per heavy atom. The van der Waals surface area contributed by atoms with Crippen molar-refractivity contribution in [2.24, 2.45) is 0 Å². The van der Waals surface area contributed by atoms with Crippen LogP contribution in [-0.4, -0.2) is 36.6 Å². The molecule has 0 aliphatic heterocycles. The minimum Gasteiger partial charge on any atom is -0.361 e. The molecule has 0 radical (unpaired) electrons. The fraction of sp³-hybridized carbons (Fsp3) is 0.286. The Labute approximate surface area is 164 Å². The van der Waals surface area contributed by atoms with Gasteiger partial charge in [-0.1, -0.05) is 24.3 Å². The quantitative estimate of drug-likeness (QED) is 0.647. The second kappa shape index (κ2) is 7.41. The highest BCUT2D eigenvalue weighted by molar-refractivity contribution is 7.88. The lowest BCUT2D eigenvalue weighted by Crippen LogP contribution is -2.34. The number of aromatic nitrogens is 1. The normalized spacial score (nSPS) is 13.8. The maximum atomic E-state index is 12.5. The molecule has 0 amide bonds. The van der Waals surface area contributed by atoms with E-state index in [1.807, 2.05) is 42.6 Å². The summed E-state index contributed by atoms with van der Waals surface area (Å²) in [6.45, 7) is 0.0529. The number of H-pyrrole nitrogens is 1.